The Bertz CT molecular complexity index is 282. The zero-order valence-electron chi connectivity index (χ0n) is 11.3. The Balaban J connectivity index is 1.77. The number of β-amino-alcohol motifs (C(OH)–C–C–N with tert-alkyl or cyclic N) is 1. The molecule has 0 aromatic rings. The minimum absolute atomic E-state index is 0.127. The fourth-order valence-electron chi connectivity index (χ4n) is 3.48. The normalized spacial score (nSPS) is 29.9. The van der Waals surface area contributed by atoms with Gasteiger partial charge in [0.1, 0.15) is 0 Å². The van der Waals surface area contributed by atoms with Crippen LogP contribution in [0.2, 0.25) is 0 Å². The van der Waals surface area contributed by atoms with E-state index in [-0.39, 0.29) is 12.4 Å². The fraction of sp³-hybridized carbons (Fsp3) is 0.929. The minimum Gasteiger partial charge on any atom is -0.466 e. The molecule has 0 radical (unpaired) electrons. The highest BCUT2D eigenvalue weighted by Gasteiger charge is 2.36. The molecule has 104 valence electrons. The highest BCUT2D eigenvalue weighted by atomic mass is 16.5. The molecule has 18 heavy (non-hydrogen) atoms. The third-order valence-electron chi connectivity index (χ3n) is 4.28. The molecule has 4 heteroatoms. The second-order valence-corrected chi connectivity index (χ2v) is 5.56. The summed E-state index contributed by atoms with van der Waals surface area (Å²) < 4.78 is 4.87. The van der Waals surface area contributed by atoms with Gasteiger partial charge in [0.15, 0.2) is 0 Å². The summed E-state index contributed by atoms with van der Waals surface area (Å²) in [6.07, 6.45) is 6.08. The van der Waals surface area contributed by atoms with Crippen molar-refractivity contribution in [1.82, 2.24) is 4.90 Å². The van der Waals surface area contributed by atoms with Crippen LogP contribution in [0.15, 0.2) is 0 Å². The molecule has 1 aliphatic carbocycles. The van der Waals surface area contributed by atoms with E-state index in [4.69, 9.17) is 4.74 Å². The van der Waals surface area contributed by atoms with E-state index in [0.717, 1.165) is 12.5 Å². The summed E-state index contributed by atoms with van der Waals surface area (Å²) in [6.45, 7) is 3.88. The first-order valence-corrected chi connectivity index (χ1v) is 7.28. The molecular formula is C14H25NO3. The fourth-order valence-corrected chi connectivity index (χ4v) is 3.48. The Hall–Kier alpha value is -0.610. The molecule has 2 rings (SSSR count). The summed E-state index contributed by atoms with van der Waals surface area (Å²) in [6, 6.07) is 0.649. The molecule has 4 nitrogen and oxygen atoms in total. The zero-order valence-corrected chi connectivity index (χ0v) is 11.3. The van der Waals surface area contributed by atoms with Gasteiger partial charge in [-0.25, -0.2) is 0 Å². The quantitative estimate of drug-likeness (QED) is 0.758. The maximum absolute atomic E-state index is 11.3. The van der Waals surface area contributed by atoms with Gasteiger partial charge in [-0.2, -0.15) is 0 Å². The number of nitrogens with zero attached hydrogens (tertiary/aromatic N) is 1. The molecule has 0 aromatic carbocycles. The van der Waals surface area contributed by atoms with Crippen molar-refractivity contribution in [3.8, 4) is 0 Å². The first-order valence-electron chi connectivity index (χ1n) is 7.28. The molecule has 0 bridgehead atoms. The summed E-state index contributed by atoms with van der Waals surface area (Å²) >= 11 is 0. The van der Waals surface area contributed by atoms with Crippen LogP contribution in [0, 0.1) is 5.92 Å². The Morgan fingerprint density at radius 1 is 1.39 bits per heavy atom. The third kappa shape index (κ3) is 3.45. The molecule has 1 saturated carbocycles. The van der Waals surface area contributed by atoms with Crippen LogP contribution in [-0.2, 0) is 9.53 Å². The number of ether oxygens (including phenoxy) is 1. The second kappa shape index (κ2) is 6.53. The first-order chi connectivity index (χ1) is 8.70. The van der Waals surface area contributed by atoms with E-state index in [1.807, 2.05) is 0 Å². The van der Waals surface area contributed by atoms with Crippen LogP contribution < -0.4 is 0 Å². The average molecular weight is 255 g/mol. The van der Waals surface area contributed by atoms with Crippen LogP contribution in [0.4, 0.5) is 0 Å². The van der Waals surface area contributed by atoms with E-state index in [1.165, 1.54) is 32.1 Å². The largest absolute Gasteiger partial charge is 0.466 e. The SMILES string of the molecule is CCOC(=O)CC(O)CN1CCC2CCCCC21. The van der Waals surface area contributed by atoms with E-state index < -0.39 is 6.10 Å². The number of hydrogen-bond acceptors (Lipinski definition) is 4. The van der Waals surface area contributed by atoms with Crippen molar-refractivity contribution in [1.29, 1.82) is 0 Å². The average Bonchev–Trinajstić information content (AvgIpc) is 2.73. The third-order valence-corrected chi connectivity index (χ3v) is 4.28. The Morgan fingerprint density at radius 3 is 2.94 bits per heavy atom. The standard InChI is InChI=1S/C14H25NO3/c1-2-18-14(17)9-12(16)10-15-8-7-11-5-3-4-6-13(11)15/h11-13,16H,2-10H2,1H3. The van der Waals surface area contributed by atoms with Crippen LogP contribution in [-0.4, -0.2) is 47.8 Å². The lowest BCUT2D eigenvalue weighted by atomic mass is 9.85. The van der Waals surface area contributed by atoms with E-state index in [9.17, 15) is 9.90 Å². The van der Waals surface area contributed by atoms with E-state index >= 15 is 0 Å². The van der Waals surface area contributed by atoms with Crippen LogP contribution in [0.3, 0.4) is 0 Å². The van der Waals surface area contributed by atoms with Gasteiger partial charge < -0.3 is 9.84 Å². The van der Waals surface area contributed by atoms with E-state index in [1.54, 1.807) is 6.92 Å². The molecule has 0 amide bonds. The highest BCUT2D eigenvalue weighted by Crippen LogP contribution is 2.36. The number of aliphatic hydroxyl groups is 1. The van der Waals surface area contributed by atoms with Crippen LogP contribution in [0.25, 0.3) is 0 Å². The lowest BCUT2D eigenvalue weighted by Gasteiger charge is -2.32. The van der Waals surface area contributed by atoms with Crippen molar-refractivity contribution in [3.63, 3.8) is 0 Å². The van der Waals surface area contributed by atoms with Crippen LogP contribution >= 0.6 is 0 Å². The van der Waals surface area contributed by atoms with Gasteiger partial charge >= 0.3 is 5.97 Å². The number of fused-ring (bicyclic) bond motifs is 1. The van der Waals surface area contributed by atoms with Crippen LogP contribution in [0.1, 0.15) is 45.4 Å². The van der Waals surface area contributed by atoms with Gasteiger partial charge in [-0.05, 0) is 38.6 Å². The number of rotatable bonds is 5. The molecule has 3 unspecified atom stereocenters. The lowest BCUT2D eigenvalue weighted by Crippen LogP contribution is -2.40. The molecule has 1 aliphatic heterocycles. The molecule has 2 aliphatic rings. The smallest absolute Gasteiger partial charge is 0.308 e. The van der Waals surface area contributed by atoms with Crippen molar-refractivity contribution >= 4 is 5.97 Å². The molecule has 2 fully saturated rings. The molecule has 1 heterocycles. The maximum Gasteiger partial charge on any atom is 0.308 e. The van der Waals surface area contributed by atoms with Gasteiger partial charge in [0.2, 0.25) is 0 Å². The highest BCUT2D eigenvalue weighted by molar-refractivity contribution is 5.69. The summed E-state index contributed by atoms with van der Waals surface area (Å²) in [7, 11) is 0. The second-order valence-electron chi connectivity index (χ2n) is 5.56. The van der Waals surface area contributed by atoms with Gasteiger partial charge in [0.05, 0.1) is 19.1 Å². The number of aliphatic hydroxyl groups excluding tert-OH is 1. The van der Waals surface area contributed by atoms with Crippen molar-refractivity contribution in [3.05, 3.63) is 0 Å². The predicted octanol–water partition coefficient (Wildman–Crippen LogP) is 1.56. The van der Waals surface area contributed by atoms with Crippen molar-refractivity contribution in [2.75, 3.05) is 19.7 Å². The molecule has 3 atom stereocenters. The van der Waals surface area contributed by atoms with Gasteiger partial charge in [0, 0.05) is 12.6 Å². The summed E-state index contributed by atoms with van der Waals surface area (Å²) in [5.41, 5.74) is 0. The lowest BCUT2D eigenvalue weighted by molar-refractivity contribution is -0.145. The Kier molecular flexibility index (Phi) is 5.01. The number of carbonyl (C=O) groups is 1. The van der Waals surface area contributed by atoms with Crippen molar-refractivity contribution in [2.24, 2.45) is 5.92 Å². The van der Waals surface area contributed by atoms with Crippen molar-refractivity contribution < 1.29 is 14.6 Å². The number of hydrogen-bond donors (Lipinski definition) is 1. The molecular weight excluding hydrogens is 230 g/mol. The van der Waals surface area contributed by atoms with Gasteiger partial charge in [-0.15, -0.1) is 0 Å². The number of carbonyl (C=O) groups excluding carboxylic acids is 1. The maximum atomic E-state index is 11.3. The number of esters is 1. The topological polar surface area (TPSA) is 49.8 Å². The van der Waals surface area contributed by atoms with E-state index in [2.05, 4.69) is 4.90 Å². The molecule has 1 N–H and O–H groups in total. The summed E-state index contributed by atoms with van der Waals surface area (Å²) in [4.78, 5) is 13.7. The summed E-state index contributed by atoms with van der Waals surface area (Å²) in [5, 5.41) is 9.95. The summed E-state index contributed by atoms with van der Waals surface area (Å²) in [5.74, 6) is 0.540. The minimum atomic E-state index is -0.579. The van der Waals surface area contributed by atoms with Gasteiger partial charge in [-0.3, -0.25) is 9.69 Å². The Morgan fingerprint density at radius 2 is 2.17 bits per heavy atom. The molecule has 0 spiro atoms. The Labute approximate surface area is 109 Å². The molecule has 1 saturated heterocycles. The molecule has 0 aromatic heterocycles. The van der Waals surface area contributed by atoms with Crippen LogP contribution in [0.5, 0.6) is 0 Å². The van der Waals surface area contributed by atoms with E-state index in [0.29, 0.717) is 19.2 Å². The first kappa shape index (κ1) is 13.8. The monoisotopic (exact) mass is 255 g/mol. The predicted molar refractivity (Wildman–Crippen MR) is 69.2 cm³/mol. The van der Waals surface area contributed by atoms with Gasteiger partial charge in [-0.1, -0.05) is 12.8 Å². The van der Waals surface area contributed by atoms with Crippen molar-refractivity contribution in [2.45, 2.75) is 57.6 Å². The number of likely N-dealkylation sites (tertiary alicyclic amines) is 1. The van der Waals surface area contributed by atoms with Gasteiger partial charge in [0.25, 0.3) is 0 Å². The zero-order chi connectivity index (χ0) is 13.0.